The fraction of sp³-hybridized carbons (Fsp3) is 0.615. The molecule has 2 rings (SSSR count). The summed E-state index contributed by atoms with van der Waals surface area (Å²) in [7, 11) is 0. The summed E-state index contributed by atoms with van der Waals surface area (Å²) in [6, 6.07) is 3.60. The number of hydrogen-bond acceptors (Lipinski definition) is 3. The highest BCUT2D eigenvalue weighted by Crippen LogP contribution is 2.14. The first-order valence-electron chi connectivity index (χ1n) is 6.34. The molecule has 0 spiro atoms. The van der Waals surface area contributed by atoms with Crippen molar-refractivity contribution in [2.45, 2.75) is 44.7 Å². The lowest BCUT2D eigenvalue weighted by atomic mass is 10.1. The largest absolute Gasteiger partial charge is 0.467 e. The summed E-state index contributed by atoms with van der Waals surface area (Å²) >= 11 is 0. The van der Waals surface area contributed by atoms with Gasteiger partial charge in [-0.25, -0.2) is 0 Å². The van der Waals surface area contributed by atoms with Crippen LogP contribution in [0.4, 0.5) is 0 Å². The second-order valence-electron chi connectivity index (χ2n) is 4.60. The monoisotopic (exact) mass is 236 g/mol. The molecule has 0 radical (unpaired) electrons. The van der Waals surface area contributed by atoms with E-state index in [1.54, 1.807) is 6.26 Å². The molecular weight excluding hydrogens is 216 g/mol. The van der Waals surface area contributed by atoms with Crippen molar-refractivity contribution in [3.05, 3.63) is 24.2 Å². The minimum absolute atomic E-state index is 0.0464. The predicted molar refractivity (Wildman–Crippen MR) is 65.5 cm³/mol. The number of amides is 1. The molecule has 4 nitrogen and oxygen atoms in total. The molecule has 2 atom stereocenters. The fourth-order valence-electron chi connectivity index (χ4n) is 2.18. The second-order valence-corrected chi connectivity index (χ2v) is 4.60. The maximum absolute atomic E-state index is 12.0. The number of carbonyl (C=O) groups is 1. The molecule has 1 aromatic heterocycles. The van der Waals surface area contributed by atoms with Crippen molar-refractivity contribution < 1.29 is 9.21 Å². The summed E-state index contributed by atoms with van der Waals surface area (Å²) in [6.07, 6.45) is 6.06. The molecule has 1 aliphatic rings. The summed E-state index contributed by atoms with van der Waals surface area (Å²) in [5.41, 5.74) is 0. The van der Waals surface area contributed by atoms with Crippen molar-refractivity contribution in [1.82, 2.24) is 10.6 Å². The van der Waals surface area contributed by atoms with Crippen LogP contribution < -0.4 is 10.6 Å². The highest BCUT2D eigenvalue weighted by Gasteiger charge is 2.21. The molecule has 2 unspecified atom stereocenters. The van der Waals surface area contributed by atoms with Gasteiger partial charge >= 0.3 is 0 Å². The zero-order valence-electron chi connectivity index (χ0n) is 10.2. The van der Waals surface area contributed by atoms with Gasteiger partial charge in [-0.1, -0.05) is 12.8 Å². The topological polar surface area (TPSA) is 54.3 Å². The van der Waals surface area contributed by atoms with Gasteiger partial charge in [-0.2, -0.15) is 0 Å². The molecule has 2 heterocycles. The quantitative estimate of drug-likeness (QED) is 0.844. The predicted octanol–water partition coefficient (Wildman–Crippen LogP) is 1.99. The molecule has 1 aromatic rings. The van der Waals surface area contributed by atoms with Gasteiger partial charge in [-0.15, -0.1) is 0 Å². The molecule has 94 valence electrons. The lowest BCUT2D eigenvalue weighted by Gasteiger charge is -2.18. The maximum Gasteiger partial charge on any atom is 0.237 e. The van der Waals surface area contributed by atoms with Gasteiger partial charge in [-0.05, 0) is 38.4 Å². The van der Waals surface area contributed by atoms with Crippen LogP contribution in [0.3, 0.4) is 0 Å². The van der Waals surface area contributed by atoms with Crippen molar-refractivity contribution in [1.29, 1.82) is 0 Å². The lowest BCUT2D eigenvalue weighted by Crippen LogP contribution is -2.44. The molecule has 0 aliphatic carbocycles. The number of nitrogens with one attached hydrogen (secondary N) is 2. The summed E-state index contributed by atoms with van der Waals surface area (Å²) < 4.78 is 5.27. The SMILES string of the molecule is CC(NC(=O)C1CCCCCN1)c1ccco1. The third-order valence-corrected chi connectivity index (χ3v) is 3.21. The zero-order chi connectivity index (χ0) is 12.1. The molecule has 1 saturated heterocycles. The van der Waals surface area contributed by atoms with Gasteiger partial charge in [0.2, 0.25) is 5.91 Å². The molecule has 17 heavy (non-hydrogen) atoms. The first-order chi connectivity index (χ1) is 8.27. The van der Waals surface area contributed by atoms with Gasteiger partial charge in [-0.3, -0.25) is 4.79 Å². The Hall–Kier alpha value is -1.29. The molecule has 4 heteroatoms. The third kappa shape index (κ3) is 3.33. The van der Waals surface area contributed by atoms with Gasteiger partial charge in [0.1, 0.15) is 5.76 Å². The minimum Gasteiger partial charge on any atom is -0.467 e. The van der Waals surface area contributed by atoms with Crippen molar-refractivity contribution in [3.8, 4) is 0 Å². The number of rotatable bonds is 3. The van der Waals surface area contributed by atoms with Crippen LogP contribution in [0.15, 0.2) is 22.8 Å². The van der Waals surface area contributed by atoms with Crippen LogP contribution in [-0.4, -0.2) is 18.5 Å². The molecule has 1 fully saturated rings. The summed E-state index contributed by atoms with van der Waals surface area (Å²) in [4.78, 5) is 12.0. The van der Waals surface area contributed by atoms with E-state index in [0.717, 1.165) is 31.6 Å². The Morgan fingerprint density at radius 3 is 3.18 bits per heavy atom. The molecule has 1 aliphatic heterocycles. The highest BCUT2D eigenvalue weighted by atomic mass is 16.3. The van der Waals surface area contributed by atoms with E-state index in [4.69, 9.17) is 4.42 Å². The second kappa shape index (κ2) is 5.87. The Kier molecular flexibility index (Phi) is 4.20. The van der Waals surface area contributed by atoms with E-state index in [1.807, 2.05) is 19.1 Å². The number of furan rings is 1. The Balaban J connectivity index is 1.87. The Bertz CT molecular complexity index is 340. The maximum atomic E-state index is 12.0. The Morgan fingerprint density at radius 1 is 1.53 bits per heavy atom. The smallest absolute Gasteiger partial charge is 0.237 e. The standard InChI is InChI=1S/C13H20N2O2/c1-10(12-7-5-9-17-12)15-13(16)11-6-3-2-4-8-14-11/h5,7,9-11,14H,2-4,6,8H2,1H3,(H,15,16). The summed E-state index contributed by atoms with van der Waals surface area (Å²) in [5.74, 6) is 0.878. The van der Waals surface area contributed by atoms with Gasteiger partial charge < -0.3 is 15.1 Å². The molecule has 0 saturated carbocycles. The van der Waals surface area contributed by atoms with Crippen LogP contribution >= 0.6 is 0 Å². The van der Waals surface area contributed by atoms with Crippen LogP contribution in [0.5, 0.6) is 0 Å². The molecule has 0 aromatic carbocycles. The van der Waals surface area contributed by atoms with Gasteiger partial charge in [0.15, 0.2) is 0 Å². The van der Waals surface area contributed by atoms with Crippen molar-refractivity contribution in [2.75, 3.05) is 6.54 Å². The fourth-order valence-corrected chi connectivity index (χ4v) is 2.18. The van der Waals surface area contributed by atoms with E-state index < -0.39 is 0 Å². The van der Waals surface area contributed by atoms with E-state index in [9.17, 15) is 4.79 Å². The average molecular weight is 236 g/mol. The van der Waals surface area contributed by atoms with Crippen LogP contribution in [0.1, 0.15) is 44.4 Å². The van der Waals surface area contributed by atoms with Crippen LogP contribution in [-0.2, 0) is 4.79 Å². The molecule has 2 N–H and O–H groups in total. The normalized spacial score (nSPS) is 22.8. The summed E-state index contributed by atoms with van der Waals surface area (Å²) in [5, 5.41) is 6.27. The van der Waals surface area contributed by atoms with Crippen LogP contribution in [0.25, 0.3) is 0 Å². The third-order valence-electron chi connectivity index (χ3n) is 3.21. The first kappa shape index (κ1) is 12.2. The Morgan fingerprint density at radius 2 is 2.41 bits per heavy atom. The van der Waals surface area contributed by atoms with Gasteiger partial charge in [0.25, 0.3) is 0 Å². The lowest BCUT2D eigenvalue weighted by molar-refractivity contribution is -0.124. The van der Waals surface area contributed by atoms with Gasteiger partial charge in [0, 0.05) is 0 Å². The van der Waals surface area contributed by atoms with E-state index >= 15 is 0 Å². The van der Waals surface area contributed by atoms with Crippen molar-refractivity contribution in [3.63, 3.8) is 0 Å². The van der Waals surface area contributed by atoms with E-state index in [-0.39, 0.29) is 18.0 Å². The zero-order valence-corrected chi connectivity index (χ0v) is 10.2. The highest BCUT2D eigenvalue weighted by molar-refractivity contribution is 5.82. The number of hydrogen-bond donors (Lipinski definition) is 2. The minimum atomic E-state index is -0.0671. The van der Waals surface area contributed by atoms with Gasteiger partial charge in [0.05, 0.1) is 18.3 Å². The van der Waals surface area contributed by atoms with E-state index in [0.29, 0.717) is 0 Å². The van der Waals surface area contributed by atoms with E-state index in [1.165, 1.54) is 6.42 Å². The van der Waals surface area contributed by atoms with E-state index in [2.05, 4.69) is 10.6 Å². The van der Waals surface area contributed by atoms with Crippen LogP contribution in [0.2, 0.25) is 0 Å². The average Bonchev–Trinajstić information content (AvgIpc) is 2.71. The molecule has 1 amide bonds. The van der Waals surface area contributed by atoms with Crippen LogP contribution in [0, 0.1) is 0 Å². The first-order valence-corrected chi connectivity index (χ1v) is 6.34. The number of carbonyl (C=O) groups excluding carboxylic acids is 1. The molecule has 0 bridgehead atoms. The van der Waals surface area contributed by atoms with Crippen molar-refractivity contribution >= 4 is 5.91 Å². The molecular formula is C13H20N2O2. The summed E-state index contributed by atoms with van der Waals surface area (Å²) in [6.45, 7) is 2.88. The Labute approximate surface area is 102 Å². The van der Waals surface area contributed by atoms with Crippen molar-refractivity contribution in [2.24, 2.45) is 0 Å².